The molecule has 0 bridgehead atoms. The number of amides is 1. The molecule has 2 heterocycles. The second-order valence-electron chi connectivity index (χ2n) is 5.91. The molecule has 110 valence electrons. The Kier molecular flexibility index (Phi) is 3.01. The molecule has 3 nitrogen and oxygen atoms in total. The van der Waals surface area contributed by atoms with Crippen molar-refractivity contribution in [3.63, 3.8) is 0 Å². The van der Waals surface area contributed by atoms with Crippen molar-refractivity contribution in [2.45, 2.75) is 25.9 Å². The molecule has 1 amide bonds. The molecule has 2 aliphatic heterocycles. The second-order valence-corrected chi connectivity index (χ2v) is 6.27. The van der Waals surface area contributed by atoms with Crippen LogP contribution in [0.15, 0.2) is 48.5 Å². The van der Waals surface area contributed by atoms with Crippen molar-refractivity contribution in [2.75, 3.05) is 4.90 Å². The summed E-state index contributed by atoms with van der Waals surface area (Å²) in [5.41, 5.74) is 4.55. The molecule has 0 N–H and O–H groups in total. The van der Waals surface area contributed by atoms with Gasteiger partial charge in [-0.3, -0.25) is 9.69 Å². The van der Waals surface area contributed by atoms with Gasteiger partial charge in [-0.1, -0.05) is 42.0 Å². The zero-order chi connectivity index (χ0) is 15.3. The molecule has 1 atom stereocenters. The van der Waals surface area contributed by atoms with E-state index in [2.05, 4.69) is 17.0 Å². The lowest BCUT2D eigenvalue weighted by Crippen LogP contribution is -2.39. The van der Waals surface area contributed by atoms with Crippen molar-refractivity contribution in [3.05, 3.63) is 65.2 Å². The third-order valence-corrected chi connectivity index (χ3v) is 4.90. The molecule has 2 aliphatic rings. The van der Waals surface area contributed by atoms with Crippen LogP contribution in [0.2, 0.25) is 0 Å². The van der Waals surface area contributed by atoms with Gasteiger partial charge in [-0.15, -0.1) is 0 Å². The zero-order valence-electron chi connectivity index (χ0n) is 12.3. The second kappa shape index (κ2) is 4.92. The van der Waals surface area contributed by atoms with Gasteiger partial charge in [0.25, 0.3) is 5.91 Å². The zero-order valence-corrected chi connectivity index (χ0v) is 13.1. The molecule has 0 unspecified atom stereocenters. The molecular formula is C18H16N2OS. The van der Waals surface area contributed by atoms with Crippen molar-refractivity contribution in [2.24, 2.45) is 0 Å². The first kappa shape index (κ1) is 13.5. The lowest BCUT2D eigenvalue weighted by atomic mass is 9.95. The number of rotatable bonds is 1. The topological polar surface area (TPSA) is 23.6 Å². The highest BCUT2D eigenvalue weighted by Gasteiger charge is 2.45. The summed E-state index contributed by atoms with van der Waals surface area (Å²) in [5.74, 6) is 0.0864. The van der Waals surface area contributed by atoms with E-state index in [9.17, 15) is 4.79 Å². The third kappa shape index (κ3) is 1.95. The van der Waals surface area contributed by atoms with E-state index in [0.29, 0.717) is 11.7 Å². The number of carbonyl (C=O) groups is 1. The number of carbonyl (C=O) groups excluding carboxylic acids is 1. The molecule has 4 rings (SSSR count). The molecule has 1 fully saturated rings. The van der Waals surface area contributed by atoms with Gasteiger partial charge in [0.15, 0.2) is 5.11 Å². The smallest absolute Gasteiger partial charge is 0.256 e. The van der Waals surface area contributed by atoms with Crippen LogP contribution in [0.5, 0.6) is 0 Å². The first-order chi connectivity index (χ1) is 10.6. The van der Waals surface area contributed by atoms with Gasteiger partial charge < -0.3 is 4.90 Å². The molecule has 2 aromatic rings. The quantitative estimate of drug-likeness (QED) is 0.757. The molecule has 0 aromatic heterocycles. The minimum absolute atomic E-state index is 0.0864. The van der Waals surface area contributed by atoms with E-state index < -0.39 is 0 Å². The Labute approximate surface area is 135 Å². The maximum Gasteiger partial charge on any atom is 0.256 e. The summed E-state index contributed by atoms with van der Waals surface area (Å²) in [6, 6.07) is 16.1. The Hall–Kier alpha value is -2.20. The average Bonchev–Trinajstić information content (AvgIpc) is 2.78. The number of anilines is 1. The Morgan fingerprint density at radius 2 is 1.73 bits per heavy atom. The van der Waals surface area contributed by atoms with Crippen LogP contribution >= 0.6 is 12.2 Å². The summed E-state index contributed by atoms with van der Waals surface area (Å²) in [4.78, 5) is 16.6. The van der Waals surface area contributed by atoms with Crippen LogP contribution < -0.4 is 4.90 Å². The van der Waals surface area contributed by atoms with Crippen LogP contribution in [0.25, 0.3) is 0 Å². The van der Waals surface area contributed by atoms with Gasteiger partial charge in [0.05, 0.1) is 5.69 Å². The molecule has 22 heavy (non-hydrogen) atoms. The highest BCUT2D eigenvalue weighted by atomic mass is 32.1. The van der Waals surface area contributed by atoms with Crippen molar-refractivity contribution < 1.29 is 4.79 Å². The number of fused-ring (bicyclic) bond motifs is 2. The van der Waals surface area contributed by atoms with Crippen LogP contribution in [0.3, 0.4) is 0 Å². The van der Waals surface area contributed by atoms with Crippen molar-refractivity contribution >= 4 is 28.9 Å². The van der Waals surface area contributed by atoms with E-state index in [1.165, 1.54) is 16.7 Å². The predicted octanol–water partition coefficient (Wildman–Crippen LogP) is 3.05. The van der Waals surface area contributed by atoms with E-state index in [1.807, 2.05) is 43.3 Å². The largest absolute Gasteiger partial charge is 0.332 e. The Morgan fingerprint density at radius 3 is 2.45 bits per heavy atom. The van der Waals surface area contributed by atoms with E-state index >= 15 is 0 Å². The molecule has 0 aliphatic carbocycles. The summed E-state index contributed by atoms with van der Waals surface area (Å²) >= 11 is 5.59. The first-order valence-electron chi connectivity index (χ1n) is 7.43. The normalized spacial score (nSPS) is 20.1. The summed E-state index contributed by atoms with van der Waals surface area (Å²) in [6.45, 7) is 2.75. The lowest BCUT2D eigenvalue weighted by molar-refractivity contribution is -0.119. The molecule has 0 radical (unpaired) electrons. The monoisotopic (exact) mass is 308 g/mol. The Morgan fingerprint density at radius 1 is 1.05 bits per heavy atom. The number of nitrogens with zero attached hydrogens (tertiary/aromatic N) is 2. The molecular weight excluding hydrogens is 292 g/mol. The van der Waals surface area contributed by atoms with Gasteiger partial charge in [0.1, 0.15) is 6.04 Å². The van der Waals surface area contributed by atoms with E-state index in [0.717, 1.165) is 12.1 Å². The van der Waals surface area contributed by atoms with Crippen molar-refractivity contribution in [3.8, 4) is 0 Å². The minimum Gasteiger partial charge on any atom is -0.332 e. The maximum absolute atomic E-state index is 12.8. The third-order valence-electron chi connectivity index (χ3n) is 4.48. The summed E-state index contributed by atoms with van der Waals surface area (Å²) < 4.78 is 0. The number of hydrogen-bond acceptors (Lipinski definition) is 2. The maximum atomic E-state index is 12.8. The fourth-order valence-electron chi connectivity index (χ4n) is 3.25. The van der Waals surface area contributed by atoms with Crippen molar-refractivity contribution in [1.29, 1.82) is 0 Å². The van der Waals surface area contributed by atoms with Crippen LogP contribution in [0, 0.1) is 6.92 Å². The predicted molar refractivity (Wildman–Crippen MR) is 90.7 cm³/mol. The summed E-state index contributed by atoms with van der Waals surface area (Å²) in [7, 11) is 0. The SMILES string of the molecule is Cc1ccc(N2C(=O)[C@@H]3Cc4ccccc4CN3C2=S)cc1. The van der Waals surface area contributed by atoms with Gasteiger partial charge in [-0.05, 0) is 42.4 Å². The van der Waals surface area contributed by atoms with Crippen LogP contribution in [-0.4, -0.2) is 22.0 Å². The Balaban J connectivity index is 1.71. The fraction of sp³-hybridized carbons (Fsp3) is 0.222. The number of aryl methyl sites for hydroxylation is 1. The highest BCUT2D eigenvalue weighted by Crippen LogP contribution is 2.33. The first-order valence-corrected chi connectivity index (χ1v) is 7.84. The van der Waals surface area contributed by atoms with E-state index in [4.69, 9.17) is 12.2 Å². The van der Waals surface area contributed by atoms with Gasteiger partial charge in [-0.25, -0.2) is 0 Å². The molecule has 0 saturated carbocycles. The summed E-state index contributed by atoms with van der Waals surface area (Å²) in [6.07, 6.45) is 0.734. The molecule has 1 saturated heterocycles. The Bertz CT molecular complexity index is 726. The van der Waals surface area contributed by atoms with Gasteiger partial charge in [-0.2, -0.15) is 0 Å². The molecule has 0 spiro atoms. The van der Waals surface area contributed by atoms with Crippen molar-refractivity contribution in [1.82, 2.24) is 4.90 Å². The lowest BCUT2D eigenvalue weighted by Gasteiger charge is -2.30. The number of thiocarbonyl (C=S) groups is 1. The summed E-state index contributed by atoms with van der Waals surface area (Å²) in [5, 5.41) is 0.619. The van der Waals surface area contributed by atoms with Gasteiger partial charge in [0, 0.05) is 13.0 Å². The fourth-order valence-corrected chi connectivity index (χ4v) is 3.64. The highest BCUT2D eigenvalue weighted by molar-refractivity contribution is 7.80. The van der Waals surface area contributed by atoms with E-state index in [1.54, 1.807) is 4.90 Å². The molecule has 2 aromatic carbocycles. The number of benzene rings is 2. The van der Waals surface area contributed by atoms with Crippen LogP contribution in [-0.2, 0) is 17.8 Å². The van der Waals surface area contributed by atoms with Gasteiger partial charge in [0.2, 0.25) is 0 Å². The standard InChI is InChI=1S/C18H16N2OS/c1-12-6-8-15(9-7-12)20-17(21)16-10-13-4-2-3-5-14(13)11-19(16)18(20)22/h2-9,16H,10-11H2,1H3/t16-/m0/s1. The minimum atomic E-state index is -0.163. The number of hydrogen-bond donors (Lipinski definition) is 0. The van der Waals surface area contributed by atoms with E-state index in [-0.39, 0.29) is 11.9 Å². The van der Waals surface area contributed by atoms with Gasteiger partial charge >= 0.3 is 0 Å². The molecule has 4 heteroatoms. The van der Waals surface area contributed by atoms with Crippen LogP contribution in [0.4, 0.5) is 5.69 Å². The average molecular weight is 308 g/mol. The van der Waals surface area contributed by atoms with Crippen LogP contribution in [0.1, 0.15) is 16.7 Å².